The molecule has 1 unspecified atom stereocenters. The molecule has 0 bridgehead atoms. The van der Waals surface area contributed by atoms with Gasteiger partial charge in [0.25, 0.3) is 0 Å². The molecule has 0 radical (unpaired) electrons. The molecule has 3 nitrogen and oxygen atoms in total. The highest BCUT2D eigenvalue weighted by atomic mass is 16.6. The van der Waals surface area contributed by atoms with E-state index in [0.717, 1.165) is 13.1 Å². The molecule has 0 saturated carbocycles. The Balaban J connectivity index is 2.67. The lowest BCUT2D eigenvalue weighted by atomic mass is 10.1. The topological polar surface area (TPSA) is 32.3 Å². The summed E-state index contributed by atoms with van der Waals surface area (Å²) in [4.78, 5) is 0. The molecule has 1 aliphatic rings. The first-order chi connectivity index (χ1) is 4.46. The van der Waals surface area contributed by atoms with Gasteiger partial charge in [-0.3, -0.25) is 5.32 Å². The van der Waals surface area contributed by atoms with E-state index in [-0.39, 0.29) is 10.2 Å². The fraction of sp³-hybridized carbons (Fsp3) is 1.00. The van der Waals surface area contributed by atoms with Crippen LogP contribution in [0.2, 0.25) is 0 Å². The number of nitrogens with zero attached hydrogens (tertiary/aromatic N) is 1. The van der Waals surface area contributed by atoms with Gasteiger partial charge in [0.1, 0.15) is 12.1 Å². The van der Waals surface area contributed by atoms with Crippen LogP contribution in [0.1, 0.15) is 20.8 Å². The first-order valence-corrected chi connectivity index (χ1v) is 3.76. The molecule has 0 amide bonds. The quantitative estimate of drug-likeness (QED) is 0.488. The van der Waals surface area contributed by atoms with E-state index in [4.69, 9.17) is 0 Å². The Morgan fingerprint density at radius 3 is 2.20 bits per heavy atom. The van der Waals surface area contributed by atoms with Crippen LogP contribution in [0, 0.1) is 0 Å². The van der Waals surface area contributed by atoms with Crippen LogP contribution in [0.3, 0.4) is 0 Å². The Kier molecular flexibility index (Phi) is 1.75. The van der Waals surface area contributed by atoms with Crippen LogP contribution in [-0.4, -0.2) is 35.2 Å². The molecule has 10 heavy (non-hydrogen) atoms. The second-order valence-corrected chi connectivity index (χ2v) is 3.98. The molecule has 1 aliphatic heterocycles. The molecule has 1 rings (SSSR count). The summed E-state index contributed by atoms with van der Waals surface area (Å²) in [5.41, 5.74) is -0.0521. The summed E-state index contributed by atoms with van der Waals surface area (Å²) >= 11 is 0. The summed E-state index contributed by atoms with van der Waals surface area (Å²) in [5, 5.41) is 13.0. The van der Waals surface area contributed by atoms with Crippen LogP contribution in [0.25, 0.3) is 0 Å². The minimum absolute atomic E-state index is 0.0521. The second-order valence-electron chi connectivity index (χ2n) is 3.98. The molecule has 1 heterocycles. The summed E-state index contributed by atoms with van der Waals surface area (Å²) < 4.78 is 0.160. The number of hydrogen-bond donors (Lipinski definition) is 2. The van der Waals surface area contributed by atoms with E-state index in [1.54, 1.807) is 0 Å². The smallest absolute Gasteiger partial charge is 0.163 e. The third kappa shape index (κ3) is 1.17. The van der Waals surface area contributed by atoms with Gasteiger partial charge in [-0.1, -0.05) is 0 Å². The predicted octanol–water partition coefficient (Wildman–Crippen LogP) is 0.552. The summed E-state index contributed by atoms with van der Waals surface area (Å²) in [5.74, 6) is 0. The number of quaternary nitrogens is 1. The summed E-state index contributed by atoms with van der Waals surface area (Å²) in [7, 11) is 0. The highest BCUT2D eigenvalue weighted by molar-refractivity contribution is 4.63. The van der Waals surface area contributed by atoms with Gasteiger partial charge in [-0.2, -0.15) is 4.65 Å². The fourth-order valence-corrected chi connectivity index (χ4v) is 1.18. The highest BCUT2D eigenvalue weighted by Crippen LogP contribution is 2.21. The van der Waals surface area contributed by atoms with Crippen molar-refractivity contribution < 1.29 is 9.85 Å². The van der Waals surface area contributed by atoms with Crippen molar-refractivity contribution in [3.8, 4) is 0 Å². The molecule has 2 N–H and O–H groups in total. The average Bonchev–Trinajstić information content (AvgIpc) is 2.13. The minimum Gasteiger partial charge on any atom is -0.262 e. The second kappa shape index (κ2) is 2.19. The zero-order valence-corrected chi connectivity index (χ0v) is 7.02. The van der Waals surface area contributed by atoms with Crippen molar-refractivity contribution in [1.82, 2.24) is 5.32 Å². The molecule has 1 fully saturated rings. The van der Waals surface area contributed by atoms with Gasteiger partial charge in [0.2, 0.25) is 0 Å². The molecule has 0 aromatic carbocycles. The SMILES string of the molecule is CC(C)(C)[N+]1(O)CCNC1. The molecule has 3 heteroatoms. The predicted molar refractivity (Wildman–Crippen MR) is 39.5 cm³/mol. The molecule has 0 aliphatic carbocycles. The van der Waals surface area contributed by atoms with Crippen molar-refractivity contribution >= 4 is 0 Å². The van der Waals surface area contributed by atoms with E-state index < -0.39 is 0 Å². The number of hydrogen-bond acceptors (Lipinski definition) is 2. The lowest BCUT2D eigenvalue weighted by molar-refractivity contribution is -1.13. The van der Waals surface area contributed by atoms with Crippen molar-refractivity contribution in [2.75, 3.05) is 19.8 Å². The summed E-state index contributed by atoms with van der Waals surface area (Å²) in [6, 6.07) is 0. The largest absolute Gasteiger partial charge is 0.262 e. The van der Waals surface area contributed by atoms with Gasteiger partial charge in [-0.25, -0.2) is 5.21 Å². The maximum absolute atomic E-state index is 9.90. The van der Waals surface area contributed by atoms with Crippen molar-refractivity contribution in [3.63, 3.8) is 0 Å². The standard InChI is InChI=1S/C7H17N2O/c1-7(2,3)9(10)5-4-8-6-9/h8,10H,4-6H2,1-3H3/q+1. The molecule has 1 saturated heterocycles. The lowest BCUT2D eigenvalue weighted by Crippen LogP contribution is -2.56. The van der Waals surface area contributed by atoms with Crippen LogP contribution in [0.5, 0.6) is 0 Å². The normalized spacial score (nSPS) is 34.8. The van der Waals surface area contributed by atoms with E-state index in [1.807, 2.05) is 0 Å². The van der Waals surface area contributed by atoms with Crippen molar-refractivity contribution in [1.29, 1.82) is 0 Å². The Hall–Kier alpha value is -0.120. The monoisotopic (exact) mass is 145 g/mol. The molecule has 0 spiro atoms. The van der Waals surface area contributed by atoms with E-state index >= 15 is 0 Å². The average molecular weight is 145 g/mol. The molecular formula is C7H17N2O+. The Morgan fingerprint density at radius 2 is 2.00 bits per heavy atom. The van der Waals surface area contributed by atoms with E-state index in [0.29, 0.717) is 6.67 Å². The van der Waals surface area contributed by atoms with Gasteiger partial charge in [0.05, 0.1) is 6.54 Å². The van der Waals surface area contributed by atoms with Gasteiger partial charge in [-0.05, 0) is 20.8 Å². The number of nitrogens with one attached hydrogen (secondary N) is 1. The Morgan fingerprint density at radius 1 is 1.40 bits per heavy atom. The molecule has 1 atom stereocenters. The van der Waals surface area contributed by atoms with Crippen LogP contribution in [0.15, 0.2) is 0 Å². The first-order valence-electron chi connectivity index (χ1n) is 3.76. The zero-order chi connectivity index (χ0) is 7.83. The maximum Gasteiger partial charge on any atom is 0.163 e. The van der Waals surface area contributed by atoms with E-state index in [9.17, 15) is 5.21 Å². The Labute approximate surface area is 62.2 Å². The third-order valence-electron chi connectivity index (χ3n) is 2.28. The van der Waals surface area contributed by atoms with Gasteiger partial charge in [0.15, 0.2) is 6.67 Å². The number of rotatable bonds is 0. The summed E-state index contributed by atoms with van der Waals surface area (Å²) in [6.07, 6.45) is 0. The van der Waals surface area contributed by atoms with Crippen LogP contribution < -0.4 is 5.32 Å². The zero-order valence-electron chi connectivity index (χ0n) is 7.02. The Bertz CT molecular complexity index is 122. The number of hydroxylamine groups is 3. The van der Waals surface area contributed by atoms with Crippen molar-refractivity contribution in [2.45, 2.75) is 26.3 Å². The molecule has 60 valence electrons. The molecule has 0 aromatic heterocycles. The van der Waals surface area contributed by atoms with Gasteiger partial charge < -0.3 is 0 Å². The first kappa shape index (κ1) is 7.98. The van der Waals surface area contributed by atoms with Crippen LogP contribution in [0.4, 0.5) is 0 Å². The van der Waals surface area contributed by atoms with Crippen molar-refractivity contribution in [3.05, 3.63) is 0 Å². The maximum atomic E-state index is 9.90. The fourth-order valence-electron chi connectivity index (χ4n) is 1.18. The molecule has 0 aromatic rings. The van der Waals surface area contributed by atoms with Crippen LogP contribution >= 0.6 is 0 Å². The molecular weight excluding hydrogens is 128 g/mol. The summed E-state index contributed by atoms with van der Waals surface area (Å²) in [6.45, 7) is 8.60. The van der Waals surface area contributed by atoms with E-state index in [1.165, 1.54) is 0 Å². The van der Waals surface area contributed by atoms with E-state index in [2.05, 4.69) is 26.1 Å². The minimum atomic E-state index is -0.0521. The lowest BCUT2D eigenvalue weighted by Gasteiger charge is -2.36. The van der Waals surface area contributed by atoms with Gasteiger partial charge >= 0.3 is 0 Å². The van der Waals surface area contributed by atoms with Gasteiger partial charge in [-0.15, -0.1) is 0 Å². The van der Waals surface area contributed by atoms with Crippen molar-refractivity contribution in [2.24, 2.45) is 0 Å². The van der Waals surface area contributed by atoms with Gasteiger partial charge in [0, 0.05) is 0 Å². The van der Waals surface area contributed by atoms with Crippen LogP contribution in [-0.2, 0) is 0 Å². The highest BCUT2D eigenvalue weighted by Gasteiger charge is 2.42. The third-order valence-corrected chi connectivity index (χ3v) is 2.28.